The van der Waals surface area contributed by atoms with Crippen LogP contribution in [0.15, 0.2) is 79.1 Å². The Balaban J connectivity index is 1.29. The van der Waals surface area contributed by atoms with Gasteiger partial charge >= 0.3 is 5.97 Å². The predicted octanol–water partition coefficient (Wildman–Crippen LogP) is 7.89. The number of aliphatic carboxylic acids is 1. The van der Waals surface area contributed by atoms with E-state index in [9.17, 15) is 19.5 Å². The number of carboxylic acids is 1. The number of amides is 1. The Morgan fingerprint density at radius 1 is 0.923 bits per heavy atom. The molecule has 3 aromatic carbocycles. The summed E-state index contributed by atoms with van der Waals surface area (Å²) in [4.78, 5) is 39.7. The zero-order chi connectivity index (χ0) is 36.9. The van der Waals surface area contributed by atoms with Gasteiger partial charge in [0.25, 0.3) is 5.91 Å². The molecular weight excluding hydrogens is 660 g/mol. The number of rotatable bonds is 22. The quantitative estimate of drug-likeness (QED) is 0.0422. The molecule has 1 fully saturated rings. The lowest BCUT2D eigenvalue weighted by atomic mass is 9.87. The third-order valence-corrected chi connectivity index (χ3v) is 9.41. The fourth-order valence-electron chi connectivity index (χ4n) is 6.31. The van der Waals surface area contributed by atoms with Gasteiger partial charge in [-0.3, -0.25) is 19.1 Å². The minimum absolute atomic E-state index is 0.0947. The summed E-state index contributed by atoms with van der Waals surface area (Å²) >= 11 is 0. The lowest BCUT2D eigenvalue weighted by molar-refractivity contribution is -0.137. The monoisotopic (exact) mass is 710 g/mol. The van der Waals surface area contributed by atoms with Crippen molar-refractivity contribution in [3.8, 4) is 17.2 Å². The summed E-state index contributed by atoms with van der Waals surface area (Å²) in [7, 11) is 1.51. The van der Waals surface area contributed by atoms with Crippen LogP contribution in [0.5, 0.6) is 17.2 Å². The van der Waals surface area contributed by atoms with Gasteiger partial charge < -0.3 is 30.0 Å². The Morgan fingerprint density at radius 2 is 1.67 bits per heavy atom. The number of ketones is 1. The SMILES string of the molecule is CCCCCCCCOc1ccc(C)cc1OCNc1ccc(OC)c(NC(=O)C(C(=O)C2(c3ccccc3)CC2)n2cc(CCC(=O)O)cn2)c1. The van der Waals surface area contributed by atoms with E-state index in [0.29, 0.717) is 53.6 Å². The molecule has 0 spiro atoms. The Labute approximate surface area is 305 Å². The first-order valence-corrected chi connectivity index (χ1v) is 18.2. The number of benzene rings is 3. The lowest BCUT2D eigenvalue weighted by Crippen LogP contribution is -2.39. The van der Waals surface area contributed by atoms with Gasteiger partial charge in [0.2, 0.25) is 0 Å². The summed E-state index contributed by atoms with van der Waals surface area (Å²) in [5.74, 6) is -0.0791. The molecule has 0 bridgehead atoms. The molecule has 1 saturated carbocycles. The average molecular weight is 711 g/mol. The second kappa shape index (κ2) is 18.3. The third-order valence-electron chi connectivity index (χ3n) is 9.41. The molecule has 1 heterocycles. The third kappa shape index (κ3) is 9.92. The van der Waals surface area contributed by atoms with Crippen LogP contribution in [0.25, 0.3) is 0 Å². The largest absolute Gasteiger partial charge is 0.495 e. The molecule has 0 aliphatic heterocycles. The van der Waals surface area contributed by atoms with Gasteiger partial charge in [0, 0.05) is 18.3 Å². The van der Waals surface area contributed by atoms with Crippen LogP contribution in [0.2, 0.25) is 0 Å². The van der Waals surface area contributed by atoms with Crippen LogP contribution in [-0.2, 0) is 26.2 Å². The van der Waals surface area contributed by atoms with E-state index in [0.717, 1.165) is 24.0 Å². The Kier molecular flexibility index (Phi) is 13.3. The van der Waals surface area contributed by atoms with Crippen LogP contribution in [0, 0.1) is 6.92 Å². The lowest BCUT2D eigenvalue weighted by Gasteiger charge is -2.23. The molecular formula is C41H50N4O7. The maximum Gasteiger partial charge on any atom is 0.303 e. The van der Waals surface area contributed by atoms with Gasteiger partial charge in [-0.2, -0.15) is 5.10 Å². The zero-order valence-electron chi connectivity index (χ0n) is 30.4. The van der Waals surface area contributed by atoms with Crippen LogP contribution in [0.1, 0.15) is 87.4 Å². The molecule has 4 aromatic rings. The number of hydrogen-bond donors (Lipinski definition) is 3. The van der Waals surface area contributed by atoms with E-state index in [1.807, 2.05) is 61.5 Å². The summed E-state index contributed by atoms with van der Waals surface area (Å²) in [5, 5.41) is 19.7. The number of nitrogens with zero attached hydrogens (tertiary/aromatic N) is 2. The molecule has 1 aromatic heterocycles. The minimum atomic E-state index is -1.30. The molecule has 11 nitrogen and oxygen atoms in total. The number of aromatic nitrogens is 2. The fraction of sp³-hybridized carbons (Fsp3) is 0.415. The number of carbonyl (C=O) groups excluding carboxylic acids is 2. The van der Waals surface area contributed by atoms with Crippen molar-refractivity contribution >= 4 is 29.0 Å². The number of anilines is 2. The fourth-order valence-corrected chi connectivity index (χ4v) is 6.31. The highest BCUT2D eigenvalue weighted by Crippen LogP contribution is 2.51. The first-order valence-electron chi connectivity index (χ1n) is 18.2. The van der Waals surface area contributed by atoms with Crippen LogP contribution in [-0.4, -0.2) is 53.0 Å². The molecule has 1 aliphatic rings. The number of aryl methyl sites for hydroxylation is 2. The number of carbonyl (C=O) groups is 3. The van der Waals surface area contributed by atoms with E-state index in [-0.39, 0.29) is 25.4 Å². The van der Waals surface area contributed by atoms with Crippen LogP contribution >= 0.6 is 0 Å². The van der Waals surface area contributed by atoms with Gasteiger partial charge in [-0.1, -0.05) is 75.4 Å². The molecule has 52 heavy (non-hydrogen) atoms. The van der Waals surface area contributed by atoms with Crippen molar-refractivity contribution in [1.29, 1.82) is 0 Å². The van der Waals surface area contributed by atoms with Gasteiger partial charge in [0.15, 0.2) is 30.1 Å². The standard InChI is InChI=1S/C41H50N4O7/c1-4-5-6-7-8-12-23-51-35-18-15-29(2)24-36(35)52-28-42-32-17-19-34(50-3)33(25-32)44-40(49)38(45-27-30(26-43-45)16-20-37(46)47)39(48)41(21-22-41)31-13-10-9-11-14-31/h9-11,13-15,17-19,24-27,38,42H,4-8,12,16,20-23,28H2,1-3H3,(H,44,49)(H,46,47). The highest BCUT2D eigenvalue weighted by atomic mass is 16.5. The second-order valence-corrected chi connectivity index (χ2v) is 13.4. The van der Waals surface area contributed by atoms with E-state index in [1.165, 1.54) is 43.7 Å². The van der Waals surface area contributed by atoms with E-state index >= 15 is 0 Å². The van der Waals surface area contributed by atoms with E-state index in [2.05, 4.69) is 22.7 Å². The number of unbranched alkanes of at least 4 members (excludes halogenated alkanes) is 5. The van der Waals surface area contributed by atoms with Crippen molar-refractivity contribution in [1.82, 2.24) is 9.78 Å². The summed E-state index contributed by atoms with van der Waals surface area (Å²) in [6.07, 6.45) is 11.5. The van der Waals surface area contributed by atoms with Crippen LogP contribution in [0.3, 0.4) is 0 Å². The molecule has 11 heteroatoms. The Morgan fingerprint density at radius 3 is 2.40 bits per heavy atom. The van der Waals surface area contributed by atoms with Gasteiger partial charge in [-0.25, -0.2) is 0 Å². The van der Waals surface area contributed by atoms with Crippen molar-refractivity contribution in [3.63, 3.8) is 0 Å². The summed E-state index contributed by atoms with van der Waals surface area (Å²) < 4.78 is 19.1. The summed E-state index contributed by atoms with van der Waals surface area (Å²) in [6.45, 7) is 4.97. The maximum absolute atomic E-state index is 14.3. The van der Waals surface area contributed by atoms with Crippen molar-refractivity contribution in [3.05, 3.63) is 95.8 Å². The minimum Gasteiger partial charge on any atom is -0.495 e. The first-order chi connectivity index (χ1) is 25.2. The summed E-state index contributed by atoms with van der Waals surface area (Å²) in [6, 6.07) is 19.3. The highest BCUT2D eigenvalue weighted by molar-refractivity contribution is 6.13. The van der Waals surface area contributed by atoms with Gasteiger partial charge in [-0.15, -0.1) is 0 Å². The van der Waals surface area contributed by atoms with Crippen molar-refractivity contribution in [2.45, 2.75) is 89.5 Å². The molecule has 1 amide bonds. The number of nitrogens with one attached hydrogen (secondary N) is 2. The summed E-state index contributed by atoms with van der Waals surface area (Å²) in [5.41, 5.74) is 2.71. The smallest absolute Gasteiger partial charge is 0.303 e. The van der Waals surface area contributed by atoms with Crippen LogP contribution in [0.4, 0.5) is 11.4 Å². The molecule has 3 N–H and O–H groups in total. The van der Waals surface area contributed by atoms with E-state index < -0.39 is 23.3 Å². The average Bonchev–Trinajstić information content (AvgIpc) is 3.83. The molecule has 1 aliphatic carbocycles. The molecule has 276 valence electrons. The molecule has 1 atom stereocenters. The topological polar surface area (TPSA) is 141 Å². The molecule has 5 rings (SSSR count). The molecule has 0 radical (unpaired) electrons. The highest BCUT2D eigenvalue weighted by Gasteiger charge is 2.55. The number of Topliss-reactive ketones (excluding diaryl/α,β-unsaturated/α-hetero) is 1. The normalized spacial score (nSPS) is 13.5. The van der Waals surface area contributed by atoms with Crippen molar-refractivity contribution in [2.75, 3.05) is 31.1 Å². The number of ether oxygens (including phenoxy) is 3. The Hall–Kier alpha value is -5.32. The van der Waals surface area contributed by atoms with E-state index in [4.69, 9.17) is 14.2 Å². The van der Waals surface area contributed by atoms with Gasteiger partial charge in [-0.05, 0) is 79.6 Å². The first kappa shape index (κ1) is 37.9. The zero-order valence-corrected chi connectivity index (χ0v) is 30.4. The van der Waals surface area contributed by atoms with Crippen molar-refractivity contribution < 1.29 is 33.7 Å². The number of carboxylic acid groups (broad SMARTS) is 1. The van der Waals surface area contributed by atoms with Crippen molar-refractivity contribution in [2.24, 2.45) is 0 Å². The molecule has 1 unspecified atom stereocenters. The van der Waals surface area contributed by atoms with E-state index in [1.54, 1.807) is 18.3 Å². The molecule has 0 saturated heterocycles. The number of hydrogen-bond acceptors (Lipinski definition) is 8. The predicted molar refractivity (Wildman–Crippen MR) is 200 cm³/mol. The second-order valence-electron chi connectivity index (χ2n) is 13.4. The van der Waals surface area contributed by atoms with Crippen LogP contribution < -0.4 is 24.8 Å². The Bertz CT molecular complexity index is 1800. The van der Waals surface area contributed by atoms with Gasteiger partial charge in [0.05, 0.1) is 31.0 Å². The van der Waals surface area contributed by atoms with Gasteiger partial charge in [0.1, 0.15) is 5.75 Å². The number of methoxy groups -OCH3 is 1. The maximum atomic E-state index is 14.3.